The normalized spacial score (nSPS) is 15.1. The van der Waals surface area contributed by atoms with E-state index in [1.54, 1.807) is 6.07 Å². The molecule has 0 saturated carbocycles. The lowest BCUT2D eigenvalue weighted by molar-refractivity contribution is 0.0947. The van der Waals surface area contributed by atoms with E-state index in [0.717, 1.165) is 48.1 Å². The summed E-state index contributed by atoms with van der Waals surface area (Å²) in [6.45, 7) is 9.01. The van der Waals surface area contributed by atoms with Gasteiger partial charge in [-0.2, -0.15) is 0 Å². The Bertz CT molecular complexity index is 1030. The quantitative estimate of drug-likeness (QED) is 0.696. The maximum Gasteiger partial charge on any atom is 0.251 e. The first-order chi connectivity index (χ1) is 14.0. The minimum atomic E-state index is -0.261. The molecule has 7 heteroatoms. The van der Waals surface area contributed by atoms with E-state index in [1.807, 2.05) is 38.1 Å². The number of aryl methyl sites for hydroxylation is 2. The molecule has 0 spiro atoms. The monoisotopic (exact) mass is 412 g/mol. The Morgan fingerprint density at radius 3 is 2.66 bits per heavy atom. The Morgan fingerprint density at radius 2 is 1.93 bits per heavy atom. The van der Waals surface area contributed by atoms with Crippen molar-refractivity contribution in [1.82, 2.24) is 15.2 Å². The number of hydrogen-bond acceptors (Lipinski definition) is 5. The molecule has 1 fully saturated rings. The molecular formula is C22H25FN4OS. The van der Waals surface area contributed by atoms with E-state index in [2.05, 4.69) is 20.1 Å². The van der Waals surface area contributed by atoms with Gasteiger partial charge in [-0.3, -0.25) is 9.69 Å². The van der Waals surface area contributed by atoms with Crippen LogP contribution in [-0.4, -0.2) is 55.1 Å². The fourth-order valence-corrected chi connectivity index (χ4v) is 4.55. The van der Waals surface area contributed by atoms with Crippen LogP contribution in [0.3, 0.4) is 0 Å². The zero-order valence-electron chi connectivity index (χ0n) is 16.7. The van der Waals surface area contributed by atoms with E-state index < -0.39 is 0 Å². The van der Waals surface area contributed by atoms with Gasteiger partial charge in [-0.05, 0) is 49.2 Å². The molecule has 3 aromatic rings. The molecular weight excluding hydrogens is 387 g/mol. The van der Waals surface area contributed by atoms with Crippen molar-refractivity contribution in [3.8, 4) is 0 Å². The molecule has 0 atom stereocenters. The number of anilines is 1. The van der Waals surface area contributed by atoms with Crippen molar-refractivity contribution in [2.75, 3.05) is 44.2 Å². The Balaban J connectivity index is 1.26. The number of thiazole rings is 1. The second-order valence-corrected chi connectivity index (χ2v) is 8.48. The number of benzene rings is 2. The lowest BCUT2D eigenvalue weighted by atomic mass is 10.1. The third-order valence-electron chi connectivity index (χ3n) is 5.48. The van der Waals surface area contributed by atoms with Crippen LogP contribution in [-0.2, 0) is 0 Å². The fraction of sp³-hybridized carbons (Fsp3) is 0.364. The largest absolute Gasteiger partial charge is 0.351 e. The van der Waals surface area contributed by atoms with Crippen LogP contribution in [0.5, 0.6) is 0 Å². The van der Waals surface area contributed by atoms with Crippen molar-refractivity contribution in [2.45, 2.75) is 13.8 Å². The Morgan fingerprint density at radius 1 is 1.14 bits per heavy atom. The molecule has 5 nitrogen and oxygen atoms in total. The van der Waals surface area contributed by atoms with Crippen molar-refractivity contribution in [2.24, 2.45) is 0 Å². The average Bonchev–Trinajstić information content (AvgIpc) is 3.16. The molecule has 29 heavy (non-hydrogen) atoms. The zero-order valence-corrected chi connectivity index (χ0v) is 17.6. The Kier molecular flexibility index (Phi) is 5.78. The SMILES string of the molecule is Cc1ccc(C(=O)NCCN2CCN(c3nc4c(F)cccc4s3)CC2)cc1C. The summed E-state index contributed by atoms with van der Waals surface area (Å²) in [6, 6.07) is 10.9. The van der Waals surface area contributed by atoms with Crippen LogP contribution < -0.4 is 10.2 Å². The Labute approximate surface area is 174 Å². The number of aromatic nitrogens is 1. The van der Waals surface area contributed by atoms with Gasteiger partial charge in [0.25, 0.3) is 5.91 Å². The minimum Gasteiger partial charge on any atom is -0.351 e. The van der Waals surface area contributed by atoms with Crippen LogP contribution in [0, 0.1) is 19.7 Å². The van der Waals surface area contributed by atoms with E-state index in [9.17, 15) is 9.18 Å². The van der Waals surface area contributed by atoms with Gasteiger partial charge < -0.3 is 10.2 Å². The molecule has 0 bridgehead atoms. The number of nitrogens with one attached hydrogen (secondary N) is 1. The minimum absolute atomic E-state index is 0.0248. The van der Waals surface area contributed by atoms with Crippen LogP contribution in [0.2, 0.25) is 0 Å². The van der Waals surface area contributed by atoms with Gasteiger partial charge in [0.05, 0.1) is 4.70 Å². The van der Waals surface area contributed by atoms with Crippen LogP contribution in [0.25, 0.3) is 10.2 Å². The van der Waals surface area contributed by atoms with Crippen molar-refractivity contribution in [3.05, 3.63) is 58.9 Å². The summed E-state index contributed by atoms with van der Waals surface area (Å²) in [5, 5.41) is 3.90. The zero-order chi connectivity index (χ0) is 20.4. The highest BCUT2D eigenvalue weighted by atomic mass is 32.1. The molecule has 1 aliphatic heterocycles. The lowest BCUT2D eigenvalue weighted by Crippen LogP contribution is -2.48. The second kappa shape index (κ2) is 8.47. The molecule has 1 aromatic heterocycles. The lowest BCUT2D eigenvalue weighted by Gasteiger charge is -2.34. The smallest absolute Gasteiger partial charge is 0.251 e. The molecule has 0 radical (unpaired) electrons. The van der Waals surface area contributed by atoms with Crippen LogP contribution in [0.15, 0.2) is 36.4 Å². The number of carbonyl (C=O) groups excluding carboxylic acids is 1. The van der Waals surface area contributed by atoms with Crippen molar-refractivity contribution in [1.29, 1.82) is 0 Å². The van der Waals surface area contributed by atoms with Gasteiger partial charge >= 0.3 is 0 Å². The van der Waals surface area contributed by atoms with E-state index in [0.29, 0.717) is 17.6 Å². The summed E-state index contributed by atoms with van der Waals surface area (Å²) in [5.41, 5.74) is 3.49. The van der Waals surface area contributed by atoms with Crippen LogP contribution >= 0.6 is 11.3 Å². The Hall–Kier alpha value is -2.51. The summed E-state index contributed by atoms with van der Waals surface area (Å²) in [7, 11) is 0. The van der Waals surface area contributed by atoms with Gasteiger partial charge in [-0.25, -0.2) is 9.37 Å². The van der Waals surface area contributed by atoms with Gasteiger partial charge in [-0.15, -0.1) is 0 Å². The second-order valence-electron chi connectivity index (χ2n) is 7.47. The van der Waals surface area contributed by atoms with E-state index in [1.165, 1.54) is 23.0 Å². The van der Waals surface area contributed by atoms with E-state index >= 15 is 0 Å². The average molecular weight is 413 g/mol. The van der Waals surface area contributed by atoms with Gasteiger partial charge in [-0.1, -0.05) is 23.5 Å². The number of para-hydroxylation sites is 1. The fourth-order valence-electron chi connectivity index (χ4n) is 3.51. The summed E-state index contributed by atoms with van der Waals surface area (Å²) < 4.78 is 14.8. The maximum atomic E-state index is 13.9. The standard InChI is InChI=1S/C22H25FN4OS/c1-15-6-7-17(14-16(15)2)21(28)24-8-9-26-10-12-27(13-11-26)22-25-20-18(23)4-3-5-19(20)29-22/h3-7,14H,8-13H2,1-2H3,(H,24,28). The molecule has 4 rings (SSSR count). The number of nitrogens with zero attached hydrogens (tertiary/aromatic N) is 3. The first-order valence-corrected chi connectivity index (χ1v) is 10.7. The van der Waals surface area contributed by atoms with E-state index in [-0.39, 0.29) is 11.7 Å². The van der Waals surface area contributed by atoms with Crippen molar-refractivity contribution in [3.63, 3.8) is 0 Å². The number of amides is 1. The van der Waals surface area contributed by atoms with Crippen molar-refractivity contribution >= 4 is 32.6 Å². The first-order valence-electron chi connectivity index (χ1n) is 9.89. The highest BCUT2D eigenvalue weighted by molar-refractivity contribution is 7.22. The van der Waals surface area contributed by atoms with Gasteiger partial charge in [0.2, 0.25) is 0 Å². The predicted octanol–water partition coefficient (Wildman–Crippen LogP) is 3.60. The number of piperazine rings is 1. The number of carbonyl (C=O) groups is 1. The topological polar surface area (TPSA) is 48.5 Å². The summed E-state index contributed by atoms with van der Waals surface area (Å²) in [5.74, 6) is -0.286. The molecule has 1 saturated heterocycles. The molecule has 1 amide bonds. The molecule has 0 unspecified atom stereocenters. The van der Waals surface area contributed by atoms with Crippen LogP contribution in [0.4, 0.5) is 9.52 Å². The number of rotatable bonds is 5. The van der Waals surface area contributed by atoms with E-state index in [4.69, 9.17) is 0 Å². The van der Waals surface area contributed by atoms with Crippen LogP contribution in [0.1, 0.15) is 21.5 Å². The summed E-state index contributed by atoms with van der Waals surface area (Å²) >= 11 is 1.54. The predicted molar refractivity (Wildman–Crippen MR) is 116 cm³/mol. The third-order valence-corrected chi connectivity index (χ3v) is 6.57. The first kappa shape index (κ1) is 19.8. The highest BCUT2D eigenvalue weighted by Crippen LogP contribution is 2.30. The van der Waals surface area contributed by atoms with Gasteiger partial charge in [0, 0.05) is 44.8 Å². The number of hydrogen-bond donors (Lipinski definition) is 1. The molecule has 1 aliphatic rings. The molecule has 152 valence electrons. The molecule has 2 heterocycles. The van der Waals surface area contributed by atoms with Gasteiger partial charge in [0.15, 0.2) is 5.13 Å². The number of halogens is 1. The summed E-state index contributed by atoms with van der Waals surface area (Å²) in [6.07, 6.45) is 0. The third kappa shape index (κ3) is 4.41. The molecule has 0 aliphatic carbocycles. The van der Waals surface area contributed by atoms with Crippen molar-refractivity contribution < 1.29 is 9.18 Å². The number of fused-ring (bicyclic) bond motifs is 1. The molecule has 1 N–H and O–H groups in total. The highest BCUT2D eigenvalue weighted by Gasteiger charge is 2.20. The summed E-state index contributed by atoms with van der Waals surface area (Å²) in [4.78, 5) is 21.4. The maximum absolute atomic E-state index is 13.9. The molecule has 2 aromatic carbocycles. The van der Waals surface area contributed by atoms with Gasteiger partial charge in [0.1, 0.15) is 11.3 Å².